The van der Waals surface area contributed by atoms with Gasteiger partial charge in [0.1, 0.15) is 0 Å². The van der Waals surface area contributed by atoms with Crippen LogP contribution in [0.15, 0.2) is 18.2 Å². The van der Waals surface area contributed by atoms with Gasteiger partial charge in [0.05, 0.1) is 6.54 Å². The van der Waals surface area contributed by atoms with Gasteiger partial charge in [0.15, 0.2) is 0 Å². The number of nitrogens with two attached hydrogens (primary N) is 1. The summed E-state index contributed by atoms with van der Waals surface area (Å²) in [6.45, 7) is 8.50. The molecule has 1 saturated heterocycles. The Labute approximate surface area is 127 Å². The van der Waals surface area contributed by atoms with E-state index in [9.17, 15) is 4.79 Å². The number of rotatable bonds is 1. The minimum absolute atomic E-state index is 0.124. The number of carbonyl (C=O) groups excluding carboxylic acids is 1. The lowest BCUT2D eigenvalue weighted by Crippen LogP contribution is -2.41. The van der Waals surface area contributed by atoms with Gasteiger partial charge in [0, 0.05) is 24.2 Å². The Kier molecular flexibility index (Phi) is 4.69. The van der Waals surface area contributed by atoms with E-state index in [-0.39, 0.29) is 5.91 Å². The summed E-state index contributed by atoms with van der Waals surface area (Å²) in [5.74, 6) is 6.02. The minimum Gasteiger partial charge on any atom is -0.339 e. The van der Waals surface area contributed by atoms with Crippen molar-refractivity contribution in [2.45, 2.75) is 33.6 Å². The van der Waals surface area contributed by atoms with E-state index in [2.05, 4.69) is 25.7 Å². The van der Waals surface area contributed by atoms with E-state index in [0.29, 0.717) is 12.0 Å². The van der Waals surface area contributed by atoms with E-state index in [1.165, 1.54) is 0 Å². The average molecular weight is 284 g/mol. The summed E-state index contributed by atoms with van der Waals surface area (Å²) in [5.41, 5.74) is 8.37. The number of hydrogen-bond acceptors (Lipinski definition) is 2. The van der Waals surface area contributed by atoms with Crippen LogP contribution in [0.25, 0.3) is 0 Å². The Bertz CT molecular complexity index is 583. The first-order valence-corrected chi connectivity index (χ1v) is 7.52. The number of amides is 1. The minimum atomic E-state index is 0.124. The predicted molar refractivity (Wildman–Crippen MR) is 86.0 cm³/mol. The van der Waals surface area contributed by atoms with Gasteiger partial charge in [0.2, 0.25) is 0 Å². The molecule has 1 aliphatic heterocycles. The molecule has 0 radical (unpaired) electrons. The van der Waals surface area contributed by atoms with Crippen LogP contribution in [0, 0.1) is 24.2 Å². The van der Waals surface area contributed by atoms with Crippen molar-refractivity contribution < 1.29 is 4.79 Å². The average Bonchev–Trinajstić information content (AvgIpc) is 2.45. The number of nitrogens with zero attached hydrogens (tertiary/aromatic N) is 1. The molecule has 1 aromatic rings. The van der Waals surface area contributed by atoms with Gasteiger partial charge >= 0.3 is 0 Å². The van der Waals surface area contributed by atoms with Crippen LogP contribution in [0.2, 0.25) is 0 Å². The molecule has 0 aliphatic carbocycles. The molecule has 0 saturated carbocycles. The number of hydrogen-bond donors (Lipinski definition) is 1. The zero-order chi connectivity index (χ0) is 15.5. The van der Waals surface area contributed by atoms with E-state index in [1.54, 1.807) is 0 Å². The third kappa shape index (κ3) is 3.65. The molecule has 1 fully saturated rings. The van der Waals surface area contributed by atoms with Crippen LogP contribution in [-0.2, 0) is 0 Å². The lowest BCUT2D eigenvalue weighted by atomic mass is 9.82. The molecular weight excluding hydrogens is 260 g/mol. The number of carbonyl (C=O) groups is 1. The van der Waals surface area contributed by atoms with Crippen molar-refractivity contribution in [3.63, 3.8) is 0 Å². The topological polar surface area (TPSA) is 46.3 Å². The van der Waals surface area contributed by atoms with Crippen LogP contribution in [-0.4, -0.2) is 30.4 Å². The molecule has 2 rings (SSSR count). The normalized spacial score (nSPS) is 17.0. The summed E-state index contributed by atoms with van der Waals surface area (Å²) in [7, 11) is 0. The smallest absolute Gasteiger partial charge is 0.254 e. The Morgan fingerprint density at radius 3 is 2.62 bits per heavy atom. The SMILES string of the molecule is Cc1c(C#CCN)cccc1C(=O)N1CCC(C)(C)CC1. The molecular formula is C18H24N2O. The quantitative estimate of drug-likeness (QED) is 0.806. The van der Waals surface area contributed by atoms with Crippen molar-refractivity contribution in [2.75, 3.05) is 19.6 Å². The van der Waals surface area contributed by atoms with Crippen molar-refractivity contribution in [1.29, 1.82) is 0 Å². The molecule has 3 heteroatoms. The van der Waals surface area contributed by atoms with Crippen LogP contribution < -0.4 is 5.73 Å². The monoisotopic (exact) mass is 284 g/mol. The van der Waals surface area contributed by atoms with E-state index in [4.69, 9.17) is 5.73 Å². The molecule has 0 bridgehead atoms. The highest BCUT2D eigenvalue weighted by Gasteiger charge is 2.28. The van der Waals surface area contributed by atoms with E-state index in [0.717, 1.165) is 42.6 Å². The maximum Gasteiger partial charge on any atom is 0.254 e. The highest BCUT2D eigenvalue weighted by molar-refractivity contribution is 5.96. The van der Waals surface area contributed by atoms with Gasteiger partial charge < -0.3 is 10.6 Å². The van der Waals surface area contributed by atoms with E-state index >= 15 is 0 Å². The van der Waals surface area contributed by atoms with Crippen molar-refractivity contribution in [3.05, 3.63) is 34.9 Å². The zero-order valence-electron chi connectivity index (χ0n) is 13.2. The van der Waals surface area contributed by atoms with Crippen LogP contribution in [0.4, 0.5) is 0 Å². The fraction of sp³-hybridized carbons (Fsp3) is 0.500. The van der Waals surface area contributed by atoms with Crippen molar-refractivity contribution in [3.8, 4) is 11.8 Å². The molecule has 1 aliphatic rings. The van der Waals surface area contributed by atoms with E-state index in [1.807, 2.05) is 30.0 Å². The fourth-order valence-electron chi connectivity index (χ4n) is 2.63. The number of benzene rings is 1. The Hall–Kier alpha value is -1.79. The fourth-order valence-corrected chi connectivity index (χ4v) is 2.63. The van der Waals surface area contributed by atoms with Gasteiger partial charge in [0.25, 0.3) is 5.91 Å². The summed E-state index contributed by atoms with van der Waals surface area (Å²) in [6.07, 6.45) is 2.12. The Morgan fingerprint density at radius 2 is 2.00 bits per heavy atom. The summed E-state index contributed by atoms with van der Waals surface area (Å²) in [5, 5.41) is 0. The first kappa shape index (κ1) is 15.6. The van der Waals surface area contributed by atoms with Crippen LogP contribution in [0.1, 0.15) is 48.2 Å². The molecule has 3 nitrogen and oxygen atoms in total. The summed E-state index contributed by atoms with van der Waals surface area (Å²) < 4.78 is 0. The molecule has 0 unspecified atom stereocenters. The molecule has 1 amide bonds. The standard InChI is InChI=1S/C18H24N2O/c1-14-15(7-5-11-19)6-4-8-16(14)17(21)20-12-9-18(2,3)10-13-20/h4,6,8H,9-13,19H2,1-3H3. The zero-order valence-corrected chi connectivity index (χ0v) is 13.2. The second kappa shape index (κ2) is 6.32. The van der Waals surface area contributed by atoms with Gasteiger partial charge in [-0.15, -0.1) is 0 Å². The van der Waals surface area contributed by atoms with Crippen molar-refractivity contribution >= 4 is 5.91 Å². The molecule has 2 N–H and O–H groups in total. The summed E-state index contributed by atoms with van der Waals surface area (Å²) >= 11 is 0. The summed E-state index contributed by atoms with van der Waals surface area (Å²) in [6, 6.07) is 5.73. The van der Waals surface area contributed by atoms with Crippen LogP contribution >= 0.6 is 0 Å². The molecule has 0 atom stereocenters. The van der Waals surface area contributed by atoms with Gasteiger partial charge in [-0.05, 0) is 42.9 Å². The highest BCUT2D eigenvalue weighted by atomic mass is 16.2. The van der Waals surface area contributed by atoms with Gasteiger partial charge in [-0.25, -0.2) is 0 Å². The highest BCUT2D eigenvalue weighted by Crippen LogP contribution is 2.30. The molecule has 21 heavy (non-hydrogen) atoms. The van der Waals surface area contributed by atoms with Crippen LogP contribution in [0.3, 0.4) is 0 Å². The number of piperidine rings is 1. The molecule has 1 aromatic carbocycles. The molecule has 1 heterocycles. The summed E-state index contributed by atoms with van der Waals surface area (Å²) in [4.78, 5) is 14.7. The van der Waals surface area contributed by atoms with Crippen molar-refractivity contribution in [1.82, 2.24) is 4.90 Å². The first-order chi connectivity index (χ1) is 9.94. The second-order valence-corrected chi connectivity index (χ2v) is 6.44. The van der Waals surface area contributed by atoms with Gasteiger partial charge in [-0.2, -0.15) is 0 Å². The maximum absolute atomic E-state index is 12.7. The Balaban J connectivity index is 2.20. The molecule has 112 valence electrons. The maximum atomic E-state index is 12.7. The second-order valence-electron chi connectivity index (χ2n) is 6.44. The molecule has 0 spiro atoms. The predicted octanol–water partition coefficient (Wildman–Crippen LogP) is 2.57. The van der Waals surface area contributed by atoms with Gasteiger partial charge in [-0.3, -0.25) is 4.79 Å². The van der Waals surface area contributed by atoms with E-state index < -0.39 is 0 Å². The largest absolute Gasteiger partial charge is 0.339 e. The van der Waals surface area contributed by atoms with Gasteiger partial charge in [-0.1, -0.05) is 31.8 Å². The van der Waals surface area contributed by atoms with Crippen molar-refractivity contribution in [2.24, 2.45) is 11.1 Å². The molecule has 0 aromatic heterocycles. The third-order valence-electron chi connectivity index (χ3n) is 4.29. The third-order valence-corrected chi connectivity index (χ3v) is 4.29. The number of likely N-dealkylation sites (tertiary alicyclic amines) is 1. The first-order valence-electron chi connectivity index (χ1n) is 7.52. The lowest BCUT2D eigenvalue weighted by molar-refractivity contribution is 0.0629. The Morgan fingerprint density at radius 1 is 1.33 bits per heavy atom. The lowest BCUT2D eigenvalue weighted by Gasteiger charge is -2.37. The van der Waals surface area contributed by atoms with Crippen LogP contribution in [0.5, 0.6) is 0 Å².